The van der Waals surface area contributed by atoms with Crippen LogP contribution in [0.5, 0.6) is 0 Å². The molecule has 0 aromatic heterocycles. The molecule has 1 heterocycles. The highest BCUT2D eigenvalue weighted by molar-refractivity contribution is 6.04. The van der Waals surface area contributed by atoms with Gasteiger partial charge in [-0.3, -0.25) is 4.79 Å². The molecule has 0 unspecified atom stereocenters. The van der Waals surface area contributed by atoms with Crippen LogP contribution >= 0.6 is 0 Å². The predicted octanol–water partition coefficient (Wildman–Crippen LogP) is 1.17. The van der Waals surface area contributed by atoms with Crippen molar-refractivity contribution >= 4 is 11.6 Å². The molecular weight excluding hydrogens is 190 g/mol. The molecule has 0 aliphatic carbocycles. The van der Waals surface area contributed by atoms with Gasteiger partial charge < -0.3 is 0 Å². The molecule has 1 N–H and O–H groups in total. The van der Waals surface area contributed by atoms with Crippen molar-refractivity contribution in [1.29, 1.82) is 5.26 Å². The van der Waals surface area contributed by atoms with E-state index in [0.29, 0.717) is 18.4 Å². The van der Waals surface area contributed by atoms with Crippen molar-refractivity contribution in [3.8, 4) is 6.07 Å². The Balaban J connectivity index is 2.24. The van der Waals surface area contributed by atoms with Crippen molar-refractivity contribution in [3.63, 3.8) is 0 Å². The first-order valence-electron chi connectivity index (χ1n) is 4.65. The molecule has 1 aromatic carbocycles. The van der Waals surface area contributed by atoms with Crippen LogP contribution < -0.4 is 5.43 Å². The lowest BCUT2D eigenvalue weighted by Gasteiger charge is -2.11. The molecule has 0 spiro atoms. The van der Waals surface area contributed by atoms with E-state index in [9.17, 15) is 4.79 Å². The largest absolute Gasteiger partial charge is 0.273 e. The van der Waals surface area contributed by atoms with Gasteiger partial charge in [0.2, 0.25) is 5.91 Å². The number of nitrogens with zero attached hydrogens (tertiary/aromatic N) is 2. The van der Waals surface area contributed by atoms with E-state index in [1.807, 2.05) is 12.1 Å². The van der Waals surface area contributed by atoms with Gasteiger partial charge in [0.05, 0.1) is 17.3 Å². The van der Waals surface area contributed by atoms with Crippen LogP contribution in [0.15, 0.2) is 29.4 Å². The Labute approximate surface area is 87.2 Å². The van der Waals surface area contributed by atoms with Gasteiger partial charge in [-0.15, -0.1) is 0 Å². The second kappa shape index (κ2) is 3.93. The summed E-state index contributed by atoms with van der Waals surface area (Å²) in [5, 5.41) is 12.6. The molecule has 4 heteroatoms. The summed E-state index contributed by atoms with van der Waals surface area (Å²) < 4.78 is 0. The maximum atomic E-state index is 10.9. The Morgan fingerprint density at radius 3 is 2.53 bits per heavy atom. The van der Waals surface area contributed by atoms with Crippen LogP contribution in [0.4, 0.5) is 0 Å². The Morgan fingerprint density at radius 1 is 1.27 bits per heavy atom. The summed E-state index contributed by atoms with van der Waals surface area (Å²) in [7, 11) is 0. The fourth-order valence-electron chi connectivity index (χ4n) is 1.42. The zero-order valence-electron chi connectivity index (χ0n) is 8.03. The maximum absolute atomic E-state index is 10.9. The van der Waals surface area contributed by atoms with Crippen LogP contribution in [0.3, 0.4) is 0 Å². The van der Waals surface area contributed by atoms with E-state index in [1.165, 1.54) is 0 Å². The molecular formula is C11H9N3O. The third-order valence-corrected chi connectivity index (χ3v) is 2.25. The van der Waals surface area contributed by atoms with Gasteiger partial charge in [-0.25, -0.2) is 5.43 Å². The van der Waals surface area contributed by atoms with Crippen LogP contribution in [0.2, 0.25) is 0 Å². The van der Waals surface area contributed by atoms with E-state index in [-0.39, 0.29) is 5.91 Å². The second-order valence-electron chi connectivity index (χ2n) is 3.28. The van der Waals surface area contributed by atoms with Crippen LogP contribution in [0.25, 0.3) is 0 Å². The molecule has 1 amide bonds. The summed E-state index contributed by atoms with van der Waals surface area (Å²) in [4.78, 5) is 10.9. The van der Waals surface area contributed by atoms with Crippen molar-refractivity contribution in [2.24, 2.45) is 5.10 Å². The number of nitriles is 1. The van der Waals surface area contributed by atoms with Crippen LogP contribution in [-0.4, -0.2) is 11.6 Å². The number of carbonyl (C=O) groups excluding carboxylic acids is 1. The van der Waals surface area contributed by atoms with E-state index in [0.717, 1.165) is 11.3 Å². The molecule has 0 atom stereocenters. The van der Waals surface area contributed by atoms with Gasteiger partial charge >= 0.3 is 0 Å². The highest BCUT2D eigenvalue weighted by Crippen LogP contribution is 2.10. The highest BCUT2D eigenvalue weighted by atomic mass is 16.2. The fourth-order valence-corrected chi connectivity index (χ4v) is 1.42. The summed E-state index contributed by atoms with van der Waals surface area (Å²) in [5.74, 6) is -0.0487. The first-order chi connectivity index (χ1) is 7.29. The number of amides is 1. The lowest BCUT2D eigenvalue weighted by molar-refractivity contribution is -0.121. The van der Waals surface area contributed by atoms with Crippen molar-refractivity contribution in [2.45, 2.75) is 12.8 Å². The minimum absolute atomic E-state index is 0.0487. The molecule has 0 bridgehead atoms. The number of benzene rings is 1. The summed E-state index contributed by atoms with van der Waals surface area (Å²) in [6.45, 7) is 0. The number of hydrogen-bond donors (Lipinski definition) is 1. The number of rotatable bonds is 1. The first-order valence-corrected chi connectivity index (χ1v) is 4.65. The molecule has 74 valence electrons. The zero-order valence-corrected chi connectivity index (χ0v) is 8.03. The van der Waals surface area contributed by atoms with Crippen molar-refractivity contribution in [2.75, 3.05) is 0 Å². The highest BCUT2D eigenvalue weighted by Gasteiger charge is 2.12. The molecule has 0 radical (unpaired) electrons. The summed E-state index contributed by atoms with van der Waals surface area (Å²) in [5.41, 5.74) is 4.88. The molecule has 2 rings (SSSR count). The second-order valence-corrected chi connectivity index (χ2v) is 3.28. The smallest absolute Gasteiger partial charge is 0.240 e. The Kier molecular flexibility index (Phi) is 2.46. The van der Waals surface area contributed by atoms with E-state index in [2.05, 4.69) is 16.6 Å². The maximum Gasteiger partial charge on any atom is 0.240 e. The zero-order chi connectivity index (χ0) is 10.7. The van der Waals surface area contributed by atoms with Crippen molar-refractivity contribution in [3.05, 3.63) is 35.4 Å². The number of hydrazone groups is 1. The third-order valence-electron chi connectivity index (χ3n) is 2.25. The minimum Gasteiger partial charge on any atom is -0.273 e. The Hall–Kier alpha value is -2.15. The van der Waals surface area contributed by atoms with Crippen LogP contribution in [0.1, 0.15) is 24.0 Å². The van der Waals surface area contributed by atoms with Gasteiger partial charge in [0, 0.05) is 12.8 Å². The van der Waals surface area contributed by atoms with Crippen molar-refractivity contribution in [1.82, 2.24) is 5.43 Å². The summed E-state index contributed by atoms with van der Waals surface area (Å²) >= 11 is 0. The first kappa shape index (κ1) is 9.41. The molecule has 1 aliphatic rings. The SMILES string of the molecule is N#Cc1ccc(C2=NNC(=O)CC2)cc1. The molecule has 0 saturated carbocycles. The van der Waals surface area contributed by atoms with E-state index < -0.39 is 0 Å². The molecule has 1 aliphatic heterocycles. The lowest BCUT2D eigenvalue weighted by atomic mass is 10.0. The molecule has 1 aromatic rings. The Morgan fingerprint density at radius 2 is 2.00 bits per heavy atom. The van der Waals surface area contributed by atoms with Gasteiger partial charge in [0.25, 0.3) is 0 Å². The third kappa shape index (κ3) is 2.02. The van der Waals surface area contributed by atoms with Gasteiger partial charge in [-0.2, -0.15) is 10.4 Å². The Bertz CT molecular complexity index is 454. The topological polar surface area (TPSA) is 65.2 Å². The molecule has 15 heavy (non-hydrogen) atoms. The van der Waals surface area contributed by atoms with E-state index in [1.54, 1.807) is 12.1 Å². The van der Waals surface area contributed by atoms with Gasteiger partial charge in [-0.05, 0) is 17.7 Å². The quantitative estimate of drug-likeness (QED) is 0.737. The fraction of sp³-hybridized carbons (Fsp3) is 0.182. The summed E-state index contributed by atoms with van der Waals surface area (Å²) in [6, 6.07) is 9.23. The molecule has 0 saturated heterocycles. The van der Waals surface area contributed by atoms with Crippen molar-refractivity contribution < 1.29 is 4.79 Å². The number of nitrogens with one attached hydrogen (secondary N) is 1. The monoisotopic (exact) mass is 199 g/mol. The van der Waals surface area contributed by atoms with Crippen LogP contribution in [0, 0.1) is 11.3 Å². The summed E-state index contributed by atoms with van der Waals surface area (Å²) in [6.07, 6.45) is 1.12. The molecule has 0 fully saturated rings. The minimum atomic E-state index is -0.0487. The average molecular weight is 199 g/mol. The lowest BCUT2D eigenvalue weighted by Crippen LogP contribution is -2.25. The van der Waals surface area contributed by atoms with Gasteiger partial charge in [0.15, 0.2) is 0 Å². The number of carbonyl (C=O) groups is 1. The van der Waals surface area contributed by atoms with E-state index in [4.69, 9.17) is 5.26 Å². The van der Waals surface area contributed by atoms with Crippen LogP contribution in [-0.2, 0) is 4.79 Å². The van der Waals surface area contributed by atoms with Gasteiger partial charge in [0.1, 0.15) is 0 Å². The van der Waals surface area contributed by atoms with E-state index >= 15 is 0 Å². The average Bonchev–Trinajstić information content (AvgIpc) is 2.30. The predicted molar refractivity (Wildman–Crippen MR) is 55.1 cm³/mol. The standard InChI is InChI=1S/C11H9N3O/c12-7-8-1-3-9(4-2-8)10-5-6-11(15)14-13-10/h1-4H,5-6H2,(H,14,15). The van der Waals surface area contributed by atoms with Gasteiger partial charge in [-0.1, -0.05) is 12.1 Å². The normalized spacial score (nSPS) is 15.1. The number of hydrogen-bond acceptors (Lipinski definition) is 3. The molecule has 4 nitrogen and oxygen atoms in total.